The molecule has 0 radical (unpaired) electrons. The summed E-state index contributed by atoms with van der Waals surface area (Å²) < 4.78 is 5.80. The maximum absolute atomic E-state index is 12.9. The van der Waals surface area contributed by atoms with Gasteiger partial charge in [0.15, 0.2) is 0 Å². The van der Waals surface area contributed by atoms with Crippen LogP contribution in [0.1, 0.15) is 48.1 Å². The van der Waals surface area contributed by atoms with E-state index < -0.39 is 6.10 Å². The smallest absolute Gasteiger partial charge is 0.315 e. The number of fused-ring (bicyclic) bond motifs is 4. The SMILES string of the molecule is CSc1ccccc1[C@@H]1CCCN1C(=O)CNC(=O)NCc1ccc2c(c1)[C@@H]1C[C@H](N2)[C@H](O)CO1. The van der Waals surface area contributed by atoms with Gasteiger partial charge in [0.1, 0.15) is 0 Å². The van der Waals surface area contributed by atoms with Crippen LogP contribution in [-0.2, 0) is 16.1 Å². The van der Waals surface area contributed by atoms with Crippen molar-refractivity contribution < 1.29 is 19.4 Å². The Bertz CT molecular complexity index is 1100. The number of hydrogen-bond donors (Lipinski definition) is 4. The molecule has 0 saturated carbocycles. The number of carbonyl (C=O) groups excluding carboxylic acids is 2. The molecule has 186 valence electrons. The summed E-state index contributed by atoms with van der Waals surface area (Å²) in [5.74, 6) is -0.0652. The fraction of sp³-hybridized carbons (Fsp3) is 0.462. The molecular weight excluding hydrogens is 464 g/mol. The van der Waals surface area contributed by atoms with Crippen molar-refractivity contribution in [2.24, 2.45) is 0 Å². The summed E-state index contributed by atoms with van der Waals surface area (Å²) in [4.78, 5) is 28.4. The average molecular weight is 497 g/mol. The van der Waals surface area contributed by atoms with Gasteiger partial charge in [0.05, 0.1) is 37.4 Å². The van der Waals surface area contributed by atoms with E-state index in [4.69, 9.17) is 4.74 Å². The van der Waals surface area contributed by atoms with Gasteiger partial charge in [0, 0.05) is 35.7 Å². The van der Waals surface area contributed by atoms with E-state index in [0.29, 0.717) is 19.7 Å². The van der Waals surface area contributed by atoms with E-state index in [1.54, 1.807) is 11.8 Å². The summed E-state index contributed by atoms with van der Waals surface area (Å²) in [6, 6.07) is 13.9. The second kappa shape index (κ2) is 10.5. The van der Waals surface area contributed by atoms with E-state index in [-0.39, 0.29) is 36.7 Å². The van der Waals surface area contributed by atoms with Gasteiger partial charge in [0.25, 0.3) is 0 Å². The van der Waals surface area contributed by atoms with Crippen LogP contribution in [0.4, 0.5) is 10.5 Å². The third-order valence-corrected chi connectivity index (χ3v) is 7.94. The Hall–Kier alpha value is -2.75. The van der Waals surface area contributed by atoms with E-state index in [0.717, 1.165) is 36.1 Å². The molecule has 35 heavy (non-hydrogen) atoms. The first-order chi connectivity index (χ1) is 17.0. The molecule has 8 nitrogen and oxygen atoms in total. The van der Waals surface area contributed by atoms with Crippen LogP contribution in [0.2, 0.25) is 0 Å². The molecule has 4 N–H and O–H groups in total. The van der Waals surface area contributed by atoms with Crippen molar-refractivity contribution in [3.05, 3.63) is 59.2 Å². The van der Waals surface area contributed by atoms with Gasteiger partial charge in [-0.05, 0) is 48.4 Å². The van der Waals surface area contributed by atoms with Crippen molar-refractivity contribution in [1.29, 1.82) is 0 Å². The normalized spacial score (nSPS) is 24.9. The van der Waals surface area contributed by atoms with Gasteiger partial charge in [-0.25, -0.2) is 4.79 Å². The molecule has 2 bridgehead atoms. The number of hydrogen-bond acceptors (Lipinski definition) is 6. The van der Waals surface area contributed by atoms with Crippen molar-refractivity contribution in [1.82, 2.24) is 15.5 Å². The number of nitrogens with one attached hydrogen (secondary N) is 3. The highest BCUT2D eigenvalue weighted by atomic mass is 32.2. The lowest BCUT2D eigenvalue weighted by Crippen LogP contribution is -2.46. The third-order valence-electron chi connectivity index (χ3n) is 7.13. The zero-order valence-electron chi connectivity index (χ0n) is 19.8. The van der Waals surface area contributed by atoms with Crippen LogP contribution in [0.15, 0.2) is 47.4 Å². The largest absolute Gasteiger partial charge is 0.389 e. The summed E-state index contributed by atoms with van der Waals surface area (Å²) in [5.41, 5.74) is 4.15. The second-order valence-electron chi connectivity index (χ2n) is 9.32. The van der Waals surface area contributed by atoms with Gasteiger partial charge < -0.3 is 30.7 Å². The molecule has 2 fully saturated rings. The van der Waals surface area contributed by atoms with Gasteiger partial charge in [-0.15, -0.1) is 11.8 Å². The van der Waals surface area contributed by atoms with E-state index in [1.165, 1.54) is 10.5 Å². The average Bonchev–Trinajstić information content (AvgIpc) is 3.38. The lowest BCUT2D eigenvalue weighted by atomic mass is 9.89. The predicted octanol–water partition coefficient (Wildman–Crippen LogP) is 3.19. The minimum absolute atomic E-state index is 0.0120. The fourth-order valence-corrected chi connectivity index (χ4v) is 5.97. The Kier molecular flexibility index (Phi) is 7.17. The number of anilines is 1. The van der Waals surface area contributed by atoms with Crippen molar-refractivity contribution in [2.45, 2.75) is 55.0 Å². The van der Waals surface area contributed by atoms with Gasteiger partial charge >= 0.3 is 6.03 Å². The van der Waals surface area contributed by atoms with E-state index in [1.807, 2.05) is 41.5 Å². The highest BCUT2D eigenvalue weighted by Gasteiger charge is 2.36. The van der Waals surface area contributed by atoms with E-state index in [2.05, 4.69) is 28.1 Å². The number of benzene rings is 2. The highest BCUT2D eigenvalue weighted by Crippen LogP contribution is 2.39. The minimum Gasteiger partial charge on any atom is -0.389 e. The summed E-state index contributed by atoms with van der Waals surface area (Å²) in [7, 11) is 0. The maximum atomic E-state index is 12.9. The first-order valence-electron chi connectivity index (χ1n) is 12.2. The Labute approximate surface area is 209 Å². The number of amides is 3. The van der Waals surface area contributed by atoms with Crippen molar-refractivity contribution >= 4 is 29.4 Å². The summed E-state index contributed by atoms with van der Waals surface area (Å²) >= 11 is 1.69. The molecule has 5 rings (SSSR count). The molecule has 2 aromatic rings. The lowest BCUT2D eigenvalue weighted by molar-refractivity contribution is -0.131. The Morgan fingerprint density at radius 2 is 2.06 bits per heavy atom. The number of aliphatic hydroxyl groups is 1. The number of urea groups is 1. The first kappa shape index (κ1) is 24.0. The zero-order chi connectivity index (χ0) is 24.4. The van der Waals surface area contributed by atoms with Crippen molar-refractivity contribution in [3.63, 3.8) is 0 Å². The fourth-order valence-electron chi connectivity index (χ4n) is 5.31. The number of likely N-dealkylation sites (tertiary alicyclic amines) is 1. The number of aliphatic hydroxyl groups excluding tert-OH is 1. The number of rotatable bonds is 6. The van der Waals surface area contributed by atoms with E-state index >= 15 is 0 Å². The van der Waals surface area contributed by atoms with E-state index in [9.17, 15) is 14.7 Å². The number of ether oxygens (including phenoxy) is 1. The van der Waals surface area contributed by atoms with Crippen molar-refractivity contribution in [3.8, 4) is 0 Å². The topological polar surface area (TPSA) is 103 Å². The monoisotopic (exact) mass is 496 g/mol. The molecule has 4 atom stereocenters. The number of nitrogens with zero attached hydrogens (tertiary/aromatic N) is 1. The number of carbonyl (C=O) groups is 2. The van der Waals surface area contributed by atoms with Crippen LogP contribution in [0.25, 0.3) is 0 Å². The first-order valence-corrected chi connectivity index (χ1v) is 13.4. The van der Waals surface area contributed by atoms with Crippen LogP contribution >= 0.6 is 11.8 Å². The molecule has 0 aliphatic carbocycles. The molecule has 0 aromatic heterocycles. The quantitative estimate of drug-likeness (QED) is 0.458. The van der Waals surface area contributed by atoms with Crippen LogP contribution in [0, 0.1) is 0 Å². The van der Waals surface area contributed by atoms with Gasteiger partial charge in [-0.2, -0.15) is 0 Å². The Morgan fingerprint density at radius 3 is 2.91 bits per heavy atom. The van der Waals surface area contributed by atoms with Crippen LogP contribution in [0.5, 0.6) is 0 Å². The molecule has 3 amide bonds. The van der Waals surface area contributed by atoms with Gasteiger partial charge in [-0.1, -0.05) is 24.3 Å². The summed E-state index contributed by atoms with van der Waals surface area (Å²) in [6.07, 6.45) is 4.13. The minimum atomic E-state index is -0.497. The molecule has 9 heteroatoms. The van der Waals surface area contributed by atoms with Crippen LogP contribution in [-0.4, -0.2) is 60.0 Å². The molecule has 2 saturated heterocycles. The molecule has 2 aromatic carbocycles. The van der Waals surface area contributed by atoms with Crippen LogP contribution < -0.4 is 16.0 Å². The molecule has 0 unspecified atom stereocenters. The van der Waals surface area contributed by atoms with Gasteiger partial charge in [-0.3, -0.25) is 4.79 Å². The maximum Gasteiger partial charge on any atom is 0.315 e. The van der Waals surface area contributed by atoms with Crippen LogP contribution in [0.3, 0.4) is 0 Å². The third kappa shape index (κ3) is 5.12. The standard InChI is InChI=1S/C26H32N4O4S/c1-35-24-7-3-2-5-17(24)21-6-4-10-30(21)25(32)14-28-26(33)27-13-16-8-9-19-18(11-16)23-12-20(29-19)22(31)15-34-23/h2-3,5,7-9,11,20-23,29,31H,4,6,10,12-15H2,1H3,(H2,27,28,33)/t20-,21-,22+,23-/m0/s1. The van der Waals surface area contributed by atoms with Gasteiger partial charge in [0.2, 0.25) is 5.91 Å². The Morgan fingerprint density at radius 1 is 1.20 bits per heavy atom. The summed E-state index contributed by atoms with van der Waals surface area (Å²) in [6.45, 7) is 1.35. The molecule has 3 aliphatic heterocycles. The Balaban J connectivity index is 1.14. The predicted molar refractivity (Wildman–Crippen MR) is 135 cm³/mol. The molecule has 0 spiro atoms. The molecule has 3 aliphatic rings. The second-order valence-corrected chi connectivity index (χ2v) is 10.2. The zero-order valence-corrected chi connectivity index (χ0v) is 20.6. The number of thioether (sulfide) groups is 1. The molecular formula is C26H32N4O4S. The summed E-state index contributed by atoms with van der Waals surface area (Å²) in [5, 5.41) is 19.0. The molecule has 3 heterocycles. The highest BCUT2D eigenvalue weighted by molar-refractivity contribution is 7.98. The lowest BCUT2D eigenvalue weighted by Gasteiger charge is -2.40. The van der Waals surface area contributed by atoms with Crippen molar-refractivity contribution in [2.75, 3.05) is 31.3 Å².